The summed E-state index contributed by atoms with van der Waals surface area (Å²) in [6, 6.07) is 0. The minimum Gasteiger partial charge on any atom is -0.501 e. The van der Waals surface area contributed by atoms with Crippen LogP contribution < -0.4 is 0 Å². The number of carbonyl (C=O) groups excluding carboxylic acids is 2. The average molecular weight is 264 g/mol. The molecule has 0 bridgehead atoms. The van der Waals surface area contributed by atoms with E-state index in [1.165, 1.54) is 13.2 Å². The van der Waals surface area contributed by atoms with Gasteiger partial charge in [-0.25, -0.2) is 0 Å². The van der Waals surface area contributed by atoms with Crippen LogP contribution in [0.4, 0.5) is 0 Å². The number of carbonyl (C=O) groups is 2. The minimum absolute atomic E-state index is 0.0814. The maximum absolute atomic E-state index is 11.3. The van der Waals surface area contributed by atoms with Gasteiger partial charge < -0.3 is 9.47 Å². The molecule has 4 heteroatoms. The number of Topliss-reactive ketones (excluding diaryl/α,β-unsaturated/α-hetero) is 1. The summed E-state index contributed by atoms with van der Waals surface area (Å²) in [7, 11) is 1.56. The Labute approximate surface area is 114 Å². The van der Waals surface area contributed by atoms with E-state index < -0.39 is 0 Å². The Kier molecular flexibility index (Phi) is 8.79. The molecule has 0 radical (unpaired) electrons. The van der Waals surface area contributed by atoms with Crippen molar-refractivity contribution in [3.63, 3.8) is 0 Å². The van der Waals surface area contributed by atoms with Crippen molar-refractivity contribution in [3.8, 4) is 0 Å². The maximum Gasteiger partial charge on any atom is 0.310 e. The van der Waals surface area contributed by atoms with E-state index in [-0.39, 0.29) is 18.2 Å². The normalized spacial score (nSPS) is 11.8. The van der Waals surface area contributed by atoms with Gasteiger partial charge in [0.1, 0.15) is 0 Å². The Bertz CT molecular complexity index is 414. The highest BCUT2D eigenvalue weighted by atomic mass is 16.5. The smallest absolute Gasteiger partial charge is 0.310 e. The second kappa shape index (κ2) is 9.88. The summed E-state index contributed by atoms with van der Waals surface area (Å²) in [5.41, 5.74) is 0.424. The third kappa shape index (κ3) is 9.59. The van der Waals surface area contributed by atoms with Gasteiger partial charge in [-0.2, -0.15) is 0 Å². The minimum atomic E-state index is -0.335. The third-order valence-corrected chi connectivity index (χ3v) is 2.22. The molecule has 0 atom stereocenters. The average Bonchev–Trinajstić information content (AvgIpc) is 2.38. The molecule has 0 N–H and O–H groups in total. The van der Waals surface area contributed by atoms with Crippen molar-refractivity contribution in [3.05, 3.63) is 48.5 Å². The van der Waals surface area contributed by atoms with Crippen LogP contribution in [0, 0.1) is 0 Å². The Morgan fingerprint density at radius 2 is 1.95 bits per heavy atom. The molecule has 0 heterocycles. The van der Waals surface area contributed by atoms with Gasteiger partial charge in [0.05, 0.1) is 19.1 Å². The van der Waals surface area contributed by atoms with Gasteiger partial charge in [-0.15, -0.1) is 0 Å². The first kappa shape index (κ1) is 16.9. The monoisotopic (exact) mass is 264 g/mol. The van der Waals surface area contributed by atoms with Crippen molar-refractivity contribution < 1.29 is 19.1 Å². The summed E-state index contributed by atoms with van der Waals surface area (Å²) in [6.45, 7) is 6.81. The molecule has 0 saturated heterocycles. The zero-order chi connectivity index (χ0) is 14.7. The van der Waals surface area contributed by atoms with Crippen molar-refractivity contribution >= 4 is 11.8 Å². The van der Waals surface area contributed by atoms with Gasteiger partial charge >= 0.3 is 5.97 Å². The van der Waals surface area contributed by atoms with E-state index in [9.17, 15) is 9.59 Å². The van der Waals surface area contributed by atoms with Gasteiger partial charge in [0.25, 0.3) is 0 Å². The lowest BCUT2D eigenvalue weighted by atomic mass is 10.2. The fourth-order valence-electron chi connectivity index (χ4n) is 0.961. The molecule has 0 amide bonds. The standard InChI is InChI=1S/C15H20O4/c1-12(14(3)16)8-5-6-10-15(17)19-11-7-9-13(2)18-4/h5,7-9,11H,1,6,10H2,2-4H3. The lowest BCUT2D eigenvalue weighted by molar-refractivity contribution is -0.137. The van der Waals surface area contributed by atoms with Crippen LogP contribution in [0.15, 0.2) is 48.5 Å². The van der Waals surface area contributed by atoms with Crippen molar-refractivity contribution in [2.75, 3.05) is 7.11 Å². The second-order valence-electron chi connectivity index (χ2n) is 3.82. The number of ketones is 1. The number of methoxy groups -OCH3 is 1. The van der Waals surface area contributed by atoms with Gasteiger partial charge in [-0.1, -0.05) is 18.7 Å². The van der Waals surface area contributed by atoms with Crippen LogP contribution >= 0.6 is 0 Å². The molecule has 0 fully saturated rings. The molecule has 0 aromatic heterocycles. The Balaban J connectivity index is 3.89. The topological polar surface area (TPSA) is 52.6 Å². The summed E-state index contributed by atoms with van der Waals surface area (Å²) >= 11 is 0. The molecule has 0 rings (SSSR count). The number of rotatable bonds is 8. The highest BCUT2D eigenvalue weighted by molar-refractivity contribution is 5.95. The number of allylic oxidation sites excluding steroid dienone is 6. The van der Waals surface area contributed by atoms with E-state index >= 15 is 0 Å². The fraction of sp³-hybridized carbons (Fsp3) is 0.333. The second-order valence-corrected chi connectivity index (χ2v) is 3.82. The van der Waals surface area contributed by atoms with Crippen molar-refractivity contribution in [2.45, 2.75) is 26.7 Å². The zero-order valence-electron chi connectivity index (χ0n) is 11.6. The molecule has 0 aromatic rings. The highest BCUT2D eigenvalue weighted by Gasteiger charge is 1.98. The Morgan fingerprint density at radius 3 is 2.53 bits per heavy atom. The van der Waals surface area contributed by atoms with E-state index in [0.29, 0.717) is 12.0 Å². The predicted molar refractivity (Wildman–Crippen MR) is 74.2 cm³/mol. The van der Waals surface area contributed by atoms with Crippen LogP contribution in [-0.4, -0.2) is 18.9 Å². The van der Waals surface area contributed by atoms with Crippen LogP contribution in [0.1, 0.15) is 26.7 Å². The molecule has 0 unspecified atom stereocenters. The molecule has 0 aromatic carbocycles. The van der Waals surface area contributed by atoms with E-state index in [2.05, 4.69) is 6.58 Å². The van der Waals surface area contributed by atoms with Crippen molar-refractivity contribution in [1.29, 1.82) is 0 Å². The summed E-state index contributed by atoms with van der Waals surface area (Å²) in [6.07, 6.45) is 8.67. The fourth-order valence-corrected chi connectivity index (χ4v) is 0.961. The maximum atomic E-state index is 11.3. The first-order chi connectivity index (χ1) is 8.97. The molecule has 0 aliphatic carbocycles. The lowest BCUT2D eigenvalue weighted by Gasteiger charge is -1.97. The molecule has 0 saturated carbocycles. The molecule has 0 spiro atoms. The van der Waals surface area contributed by atoms with Gasteiger partial charge in [0.15, 0.2) is 5.78 Å². The first-order valence-corrected chi connectivity index (χ1v) is 5.90. The highest BCUT2D eigenvalue weighted by Crippen LogP contribution is 2.00. The number of esters is 1. The van der Waals surface area contributed by atoms with Crippen molar-refractivity contribution in [1.82, 2.24) is 0 Å². The van der Waals surface area contributed by atoms with Gasteiger partial charge in [0, 0.05) is 12.0 Å². The number of hydrogen-bond donors (Lipinski definition) is 0. The molecule has 0 aliphatic heterocycles. The third-order valence-electron chi connectivity index (χ3n) is 2.22. The SMILES string of the molecule is C=C(C=CCCC(=O)OC=CC=C(C)OC)C(C)=O. The number of hydrogen-bond acceptors (Lipinski definition) is 4. The quantitative estimate of drug-likeness (QED) is 0.292. The summed E-state index contributed by atoms with van der Waals surface area (Å²) in [5.74, 6) is 0.304. The van der Waals surface area contributed by atoms with Crippen LogP contribution in [-0.2, 0) is 19.1 Å². The molecular weight excluding hydrogens is 244 g/mol. The largest absolute Gasteiger partial charge is 0.501 e. The van der Waals surface area contributed by atoms with E-state index in [4.69, 9.17) is 9.47 Å². The van der Waals surface area contributed by atoms with E-state index in [1.54, 1.807) is 38.3 Å². The van der Waals surface area contributed by atoms with Gasteiger partial charge in [-0.3, -0.25) is 9.59 Å². The summed E-state index contributed by atoms with van der Waals surface area (Å²) in [5, 5.41) is 0. The first-order valence-electron chi connectivity index (χ1n) is 5.90. The predicted octanol–water partition coefficient (Wildman–Crippen LogP) is 3.08. The Morgan fingerprint density at radius 1 is 1.26 bits per heavy atom. The number of ether oxygens (including phenoxy) is 2. The zero-order valence-corrected chi connectivity index (χ0v) is 11.6. The summed E-state index contributed by atoms with van der Waals surface area (Å²) < 4.78 is 9.75. The van der Waals surface area contributed by atoms with Gasteiger partial charge in [0.2, 0.25) is 0 Å². The molecular formula is C15H20O4. The lowest BCUT2D eigenvalue weighted by Crippen LogP contribution is -1.98. The van der Waals surface area contributed by atoms with E-state index in [1.807, 2.05) is 0 Å². The van der Waals surface area contributed by atoms with Crippen LogP contribution in [0.2, 0.25) is 0 Å². The van der Waals surface area contributed by atoms with Crippen LogP contribution in [0.25, 0.3) is 0 Å². The molecule has 104 valence electrons. The van der Waals surface area contributed by atoms with Gasteiger partial charge in [-0.05, 0) is 32.4 Å². The molecule has 19 heavy (non-hydrogen) atoms. The Hall–Kier alpha value is -2.10. The summed E-state index contributed by atoms with van der Waals surface area (Å²) in [4.78, 5) is 22.1. The van der Waals surface area contributed by atoms with Crippen LogP contribution in [0.5, 0.6) is 0 Å². The van der Waals surface area contributed by atoms with Crippen LogP contribution in [0.3, 0.4) is 0 Å². The molecule has 0 aliphatic rings. The van der Waals surface area contributed by atoms with Crippen molar-refractivity contribution in [2.24, 2.45) is 0 Å². The van der Waals surface area contributed by atoms with E-state index in [0.717, 1.165) is 5.76 Å². The molecule has 4 nitrogen and oxygen atoms in total.